The molecule has 0 amide bonds. The zero-order valence-corrected chi connectivity index (χ0v) is 12.3. The molecule has 0 aromatic carbocycles. The van der Waals surface area contributed by atoms with Crippen molar-refractivity contribution in [1.82, 2.24) is 9.80 Å². The lowest BCUT2D eigenvalue weighted by Gasteiger charge is -2.35. The third kappa shape index (κ3) is 3.03. The molecule has 19 heavy (non-hydrogen) atoms. The molecule has 3 aliphatic rings. The predicted molar refractivity (Wildman–Crippen MR) is 77.1 cm³/mol. The summed E-state index contributed by atoms with van der Waals surface area (Å²) < 4.78 is 5.74. The third-order valence-corrected chi connectivity index (χ3v) is 4.59. The van der Waals surface area contributed by atoms with Crippen LogP contribution in [0.15, 0.2) is 16.5 Å². The van der Waals surface area contributed by atoms with Crippen molar-refractivity contribution in [3.8, 4) is 0 Å². The molecular weight excluding hydrogens is 236 g/mol. The van der Waals surface area contributed by atoms with Gasteiger partial charge in [0, 0.05) is 25.7 Å². The first-order chi connectivity index (χ1) is 9.24. The number of hydrogen-bond donors (Lipinski definition) is 0. The van der Waals surface area contributed by atoms with Gasteiger partial charge in [0.05, 0.1) is 6.54 Å². The molecule has 0 unspecified atom stereocenters. The lowest BCUT2D eigenvalue weighted by molar-refractivity contribution is 0.130. The Morgan fingerprint density at radius 2 is 2.11 bits per heavy atom. The fourth-order valence-corrected chi connectivity index (χ4v) is 3.76. The van der Waals surface area contributed by atoms with Crippen molar-refractivity contribution in [2.45, 2.75) is 45.7 Å². The van der Waals surface area contributed by atoms with E-state index in [-0.39, 0.29) is 0 Å². The average molecular weight is 262 g/mol. The van der Waals surface area contributed by atoms with Crippen molar-refractivity contribution in [1.29, 1.82) is 0 Å². The van der Waals surface area contributed by atoms with Crippen molar-refractivity contribution >= 4 is 0 Å². The molecule has 106 valence electrons. The van der Waals surface area contributed by atoms with Crippen LogP contribution in [0.25, 0.3) is 0 Å². The summed E-state index contributed by atoms with van der Waals surface area (Å²) in [7, 11) is 0. The zero-order valence-electron chi connectivity index (χ0n) is 12.3. The summed E-state index contributed by atoms with van der Waals surface area (Å²) >= 11 is 0. The fourth-order valence-electron chi connectivity index (χ4n) is 3.76. The highest BCUT2D eigenvalue weighted by molar-refractivity contribution is 5.06. The molecule has 3 aliphatic heterocycles. The second kappa shape index (κ2) is 5.68. The van der Waals surface area contributed by atoms with Crippen molar-refractivity contribution in [3.05, 3.63) is 23.7 Å². The normalized spacial score (nSPS) is 28.7. The minimum atomic E-state index is 0.773. The number of piperidine rings is 1. The molecule has 3 fully saturated rings. The van der Waals surface area contributed by atoms with Gasteiger partial charge in [-0.15, -0.1) is 0 Å². The van der Waals surface area contributed by atoms with E-state index in [1.54, 1.807) is 0 Å². The second-order valence-corrected chi connectivity index (χ2v) is 6.30. The van der Waals surface area contributed by atoms with E-state index in [1.807, 2.05) is 6.92 Å². The molecule has 0 aliphatic carbocycles. The minimum absolute atomic E-state index is 0.773. The van der Waals surface area contributed by atoms with Crippen LogP contribution in [0, 0.1) is 12.8 Å². The lowest BCUT2D eigenvalue weighted by Crippen LogP contribution is -2.44. The first-order valence-electron chi connectivity index (χ1n) is 7.76. The Morgan fingerprint density at radius 3 is 2.84 bits per heavy atom. The molecule has 3 saturated heterocycles. The van der Waals surface area contributed by atoms with Crippen LogP contribution >= 0.6 is 0 Å². The Labute approximate surface area is 116 Å². The van der Waals surface area contributed by atoms with Crippen molar-refractivity contribution in [3.63, 3.8) is 0 Å². The van der Waals surface area contributed by atoms with Gasteiger partial charge in [-0.2, -0.15) is 0 Å². The molecule has 0 N–H and O–H groups in total. The van der Waals surface area contributed by atoms with Gasteiger partial charge in [-0.3, -0.25) is 9.80 Å². The molecule has 0 radical (unpaired) electrons. The van der Waals surface area contributed by atoms with Crippen LogP contribution < -0.4 is 0 Å². The second-order valence-electron chi connectivity index (χ2n) is 6.30. The summed E-state index contributed by atoms with van der Waals surface area (Å²) in [6.07, 6.45) is 4.08. The van der Waals surface area contributed by atoms with E-state index in [0.29, 0.717) is 0 Å². The Hall–Kier alpha value is -0.800. The molecule has 0 spiro atoms. The van der Waals surface area contributed by atoms with E-state index in [4.69, 9.17) is 4.42 Å². The van der Waals surface area contributed by atoms with E-state index in [2.05, 4.69) is 28.9 Å². The van der Waals surface area contributed by atoms with Crippen LogP contribution in [0.5, 0.6) is 0 Å². The van der Waals surface area contributed by atoms with Gasteiger partial charge in [-0.25, -0.2) is 0 Å². The van der Waals surface area contributed by atoms with E-state index >= 15 is 0 Å². The molecule has 3 nitrogen and oxygen atoms in total. The van der Waals surface area contributed by atoms with E-state index < -0.39 is 0 Å². The molecule has 2 atom stereocenters. The summed E-state index contributed by atoms with van der Waals surface area (Å²) in [6, 6.07) is 4.98. The van der Waals surface area contributed by atoms with Crippen LogP contribution in [0.3, 0.4) is 0 Å². The van der Waals surface area contributed by atoms with Crippen molar-refractivity contribution < 1.29 is 4.42 Å². The predicted octanol–water partition coefficient (Wildman–Crippen LogP) is 2.89. The number of rotatable bonds is 4. The highest BCUT2D eigenvalue weighted by Gasteiger charge is 2.34. The maximum Gasteiger partial charge on any atom is 0.118 e. The standard InChI is InChI=1S/C16H26N2O/c1-3-8-18-10-14-5-6-15(18)11-17(9-14)12-16-7-4-13(2)19-16/h4,7,14-15H,3,5-6,8-12H2,1-2H3/t14-,15+/m1/s1. The third-order valence-electron chi connectivity index (χ3n) is 4.59. The van der Waals surface area contributed by atoms with Gasteiger partial charge in [0.15, 0.2) is 0 Å². The molecule has 2 bridgehead atoms. The van der Waals surface area contributed by atoms with Gasteiger partial charge in [0.2, 0.25) is 0 Å². The number of aryl methyl sites for hydroxylation is 1. The summed E-state index contributed by atoms with van der Waals surface area (Å²) in [5.41, 5.74) is 0. The SMILES string of the molecule is CCCN1C[C@@H]2CC[C@H]1CN(Cc1ccc(C)o1)C2. The maximum atomic E-state index is 5.74. The Kier molecular flexibility index (Phi) is 3.94. The lowest BCUT2D eigenvalue weighted by atomic mass is 9.95. The number of furan rings is 1. The molecule has 1 aromatic rings. The van der Waals surface area contributed by atoms with Crippen LogP contribution in [0.1, 0.15) is 37.7 Å². The van der Waals surface area contributed by atoms with Gasteiger partial charge in [-0.1, -0.05) is 6.92 Å². The van der Waals surface area contributed by atoms with Crippen LogP contribution in [0.2, 0.25) is 0 Å². The molecule has 0 saturated carbocycles. The Bertz CT molecular complexity index is 415. The van der Waals surface area contributed by atoms with Crippen LogP contribution in [-0.2, 0) is 6.54 Å². The van der Waals surface area contributed by atoms with Crippen molar-refractivity contribution in [2.24, 2.45) is 5.92 Å². The molecule has 4 heterocycles. The van der Waals surface area contributed by atoms with Gasteiger partial charge in [0.25, 0.3) is 0 Å². The first-order valence-corrected chi connectivity index (χ1v) is 7.76. The molecule has 3 heteroatoms. The fraction of sp³-hybridized carbons (Fsp3) is 0.750. The molecule has 4 rings (SSSR count). The average Bonchev–Trinajstić information content (AvgIpc) is 2.60. The molecule has 1 aromatic heterocycles. The summed E-state index contributed by atoms with van der Waals surface area (Å²) in [5, 5.41) is 0. The highest BCUT2D eigenvalue weighted by atomic mass is 16.3. The van der Waals surface area contributed by atoms with E-state index in [9.17, 15) is 0 Å². The number of hydrogen-bond acceptors (Lipinski definition) is 3. The van der Waals surface area contributed by atoms with Gasteiger partial charge in [0.1, 0.15) is 11.5 Å². The van der Waals surface area contributed by atoms with E-state index in [0.717, 1.165) is 30.0 Å². The van der Waals surface area contributed by atoms with Crippen LogP contribution in [0.4, 0.5) is 0 Å². The quantitative estimate of drug-likeness (QED) is 0.832. The van der Waals surface area contributed by atoms with Crippen LogP contribution in [-0.4, -0.2) is 42.0 Å². The Morgan fingerprint density at radius 1 is 1.21 bits per heavy atom. The minimum Gasteiger partial charge on any atom is -0.465 e. The van der Waals surface area contributed by atoms with Crippen molar-refractivity contribution in [2.75, 3.05) is 26.2 Å². The first kappa shape index (κ1) is 13.2. The molecular formula is C16H26N2O. The maximum absolute atomic E-state index is 5.74. The smallest absolute Gasteiger partial charge is 0.118 e. The topological polar surface area (TPSA) is 19.6 Å². The van der Waals surface area contributed by atoms with Gasteiger partial charge in [-0.05, 0) is 50.8 Å². The van der Waals surface area contributed by atoms with Gasteiger partial charge >= 0.3 is 0 Å². The highest BCUT2D eigenvalue weighted by Crippen LogP contribution is 2.28. The van der Waals surface area contributed by atoms with E-state index in [1.165, 1.54) is 45.4 Å². The number of nitrogens with zero attached hydrogens (tertiary/aromatic N) is 2. The summed E-state index contributed by atoms with van der Waals surface area (Å²) in [5.74, 6) is 3.02. The Balaban J connectivity index is 1.65. The largest absolute Gasteiger partial charge is 0.465 e. The summed E-state index contributed by atoms with van der Waals surface area (Å²) in [4.78, 5) is 5.33. The monoisotopic (exact) mass is 262 g/mol. The summed E-state index contributed by atoms with van der Waals surface area (Å²) in [6.45, 7) is 10.4. The zero-order chi connectivity index (χ0) is 13.2. The number of fused-ring (bicyclic) bond motifs is 4. The van der Waals surface area contributed by atoms with Gasteiger partial charge < -0.3 is 4.42 Å².